The number of pyridine rings is 1. The van der Waals surface area contributed by atoms with E-state index in [1.807, 2.05) is 36.4 Å². The molecule has 0 fully saturated rings. The number of nitrogens with zero attached hydrogens (tertiary/aromatic N) is 1. The van der Waals surface area contributed by atoms with Crippen molar-refractivity contribution in [3.63, 3.8) is 0 Å². The Labute approximate surface area is 104 Å². The van der Waals surface area contributed by atoms with E-state index in [0.29, 0.717) is 6.61 Å². The highest BCUT2D eigenvalue weighted by atomic mass is 16.5. The highest BCUT2D eigenvalue weighted by Gasteiger charge is 2.03. The highest BCUT2D eigenvalue weighted by molar-refractivity contribution is 5.91. The van der Waals surface area contributed by atoms with Crippen molar-refractivity contribution in [3.8, 4) is 5.75 Å². The molecule has 2 aromatic heterocycles. The third kappa shape index (κ3) is 2.00. The number of nitrogen functional groups attached to an aromatic ring is 1. The molecule has 3 aromatic rings. The lowest BCUT2D eigenvalue weighted by Gasteiger charge is -2.02. The number of nitrogens with one attached hydrogen (secondary N) is 1. The van der Waals surface area contributed by atoms with Crippen LogP contribution in [0.15, 0.2) is 48.8 Å². The lowest BCUT2D eigenvalue weighted by atomic mass is 10.2. The Morgan fingerprint density at radius 2 is 2.17 bits per heavy atom. The number of ether oxygens (including phenoxy) is 1. The number of aromatic nitrogens is 2. The molecule has 3 rings (SSSR count). The first-order valence-electron chi connectivity index (χ1n) is 5.72. The molecule has 0 aliphatic rings. The van der Waals surface area contributed by atoms with E-state index >= 15 is 0 Å². The number of hydrogen-bond donors (Lipinski definition) is 2. The number of anilines is 1. The van der Waals surface area contributed by atoms with Crippen molar-refractivity contribution in [2.24, 2.45) is 0 Å². The summed E-state index contributed by atoms with van der Waals surface area (Å²) in [6.45, 7) is 0.472. The Morgan fingerprint density at radius 3 is 2.94 bits per heavy atom. The summed E-state index contributed by atoms with van der Waals surface area (Å²) in [6.07, 6.45) is 3.41. The number of nitrogens with two attached hydrogens (primary N) is 1. The fraction of sp³-hybridized carbons (Fsp3) is 0.0714. The Bertz CT molecular complexity index is 661. The topological polar surface area (TPSA) is 63.9 Å². The van der Waals surface area contributed by atoms with Crippen LogP contribution in [-0.2, 0) is 6.61 Å². The number of fused-ring (bicyclic) bond motifs is 1. The molecule has 3 N–H and O–H groups in total. The number of aromatic amines is 1. The maximum atomic E-state index is 5.91. The zero-order valence-electron chi connectivity index (χ0n) is 9.76. The molecule has 18 heavy (non-hydrogen) atoms. The molecule has 4 heteroatoms. The SMILES string of the molecule is Nc1cccc2[nH]c(COc3cccnc3)cc12. The van der Waals surface area contributed by atoms with Crippen LogP contribution in [0.1, 0.15) is 5.69 Å². The van der Waals surface area contributed by atoms with E-state index in [-0.39, 0.29) is 0 Å². The molecule has 1 aromatic carbocycles. The molecule has 0 spiro atoms. The molecule has 0 aliphatic heterocycles. The molecule has 0 amide bonds. The molecule has 0 unspecified atom stereocenters. The lowest BCUT2D eigenvalue weighted by Crippen LogP contribution is -1.95. The van der Waals surface area contributed by atoms with Crippen molar-refractivity contribution >= 4 is 16.6 Å². The Balaban J connectivity index is 1.81. The number of hydrogen-bond acceptors (Lipinski definition) is 3. The van der Waals surface area contributed by atoms with E-state index in [0.717, 1.165) is 28.0 Å². The van der Waals surface area contributed by atoms with Gasteiger partial charge >= 0.3 is 0 Å². The van der Waals surface area contributed by atoms with Gasteiger partial charge < -0.3 is 15.5 Å². The van der Waals surface area contributed by atoms with Crippen molar-refractivity contribution in [3.05, 3.63) is 54.5 Å². The summed E-state index contributed by atoms with van der Waals surface area (Å²) in [6, 6.07) is 11.6. The summed E-state index contributed by atoms with van der Waals surface area (Å²) in [4.78, 5) is 7.28. The third-order valence-electron chi connectivity index (χ3n) is 2.78. The molecule has 2 heterocycles. The third-order valence-corrected chi connectivity index (χ3v) is 2.78. The van der Waals surface area contributed by atoms with Crippen LogP contribution < -0.4 is 10.5 Å². The van der Waals surface area contributed by atoms with E-state index in [1.54, 1.807) is 12.4 Å². The number of rotatable bonds is 3. The zero-order valence-corrected chi connectivity index (χ0v) is 9.76. The molecular formula is C14H13N3O. The molecule has 4 nitrogen and oxygen atoms in total. The lowest BCUT2D eigenvalue weighted by molar-refractivity contribution is 0.301. The first-order chi connectivity index (χ1) is 8.83. The van der Waals surface area contributed by atoms with Gasteiger partial charge in [-0.2, -0.15) is 0 Å². The van der Waals surface area contributed by atoms with Gasteiger partial charge in [-0.3, -0.25) is 4.98 Å². The van der Waals surface area contributed by atoms with Crippen molar-refractivity contribution < 1.29 is 4.74 Å². The predicted molar refractivity (Wildman–Crippen MR) is 71.3 cm³/mol. The molecule has 0 aliphatic carbocycles. The summed E-state index contributed by atoms with van der Waals surface area (Å²) in [5.74, 6) is 0.754. The quantitative estimate of drug-likeness (QED) is 0.691. The average molecular weight is 239 g/mol. The molecule has 0 bridgehead atoms. The van der Waals surface area contributed by atoms with Crippen LogP contribution in [0, 0.1) is 0 Å². The molecular weight excluding hydrogens is 226 g/mol. The van der Waals surface area contributed by atoms with Gasteiger partial charge in [-0.05, 0) is 30.3 Å². The van der Waals surface area contributed by atoms with Crippen molar-refractivity contribution in [1.29, 1.82) is 0 Å². The van der Waals surface area contributed by atoms with Gasteiger partial charge in [0.1, 0.15) is 12.4 Å². The monoisotopic (exact) mass is 239 g/mol. The summed E-state index contributed by atoms with van der Waals surface area (Å²) in [5.41, 5.74) is 8.70. The summed E-state index contributed by atoms with van der Waals surface area (Å²) >= 11 is 0. The Morgan fingerprint density at radius 1 is 1.22 bits per heavy atom. The predicted octanol–water partition coefficient (Wildman–Crippen LogP) is 2.72. The van der Waals surface area contributed by atoms with Crippen LogP contribution in [-0.4, -0.2) is 9.97 Å². The normalized spacial score (nSPS) is 10.7. The Hall–Kier alpha value is -2.49. The van der Waals surface area contributed by atoms with Gasteiger partial charge in [0.25, 0.3) is 0 Å². The van der Waals surface area contributed by atoms with Crippen LogP contribution >= 0.6 is 0 Å². The van der Waals surface area contributed by atoms with Gasteiger partial charge in [-0.15, -0.1) is 0 Å². The molecule has 90 valence electrons. The van der Waals surface area contributed by atoms with E-state index in [9.17, 15) is 0 Å². The zero-order chi connectivity index (χ0) is 12.4. The fourth-order valence-electron chi connectivity index (χ4n) is 1.91. The average Bonchev–Trinajstić information content (AvgIpc) is 2.82. The van der Waals surface area contributed by atoms with Crippen LogP contribution in [0.5, 0.6) is 5.75 Å². The van der Waals surface area contributed by atoms with E-state index in [4.69, 9.17) is 10.5 Å². The highest BCUT2D eigenvalue weighted by Crippen LogP contribution is 2.22. The largest absolute Gasteiger partial charge is 0.486 e. The van der Waals surface area contributed by atoms with Gasteiger partial charge in [0.15, 0.2) is 0 Å². The van der Waals surface area contributed by atoms with E-state index in [1.165, 1.54) is 0 Å². The van der Waals surface area contributed by atoms with Gasteiger partial charge in [-0.25, -0.2) is 0 Å². The van der Waals surface area contributed by atoms with E-state index in [2.05, 4.69) is 9.97 Å². The Kier molecular flexibility index (Phi) is 2.61. The van der Waals surface area contributed by atoms with Gasteiger partial charge in [0.2, 0.25) is 0 Å². The second kappa shape index (κ2) is 4.41. The van der Waals surface area contributed by atoms with Crippen molar-refractivity contribution in [2.45, 2.75) is 6.61 Å². The summed E-state index contributed by atoms with van der Waals surface area (Å²) in [7, 11) is 0. The van der Waals surface area contributed by atoms with Gasteiger partial charge in [-0.1, -0.05) is 6.07 Å². The fourth-order valence-corrected chi connectivity index (χ4v) is 1.91. The molecule has 0 saturated carbocycles. The second-order valence-corrected chi connectivity index (χ2v) is 4.08. The minimum absolute atomic E-state index is 0.472. The first kappa shape index (κ1) is 10.7. The maximum absolute atomic E-state index is 5.91. The molecule has 0 atom stereocenters. The van der Waals surface area contributed by atoms with Crippen molar-refractivity contribution in [1.82, 2.24) is 9.97 Å². The first-order valence-corrected chi connectivity index (χ1v) is 5.72. The standard InChI is InChI=1S/C14H13N3O/c15-13-4-1-5-14-12(13)7-10(17-14)9-18-11-3-2-6-16-8-11/h1-8,17H,9,15H2. The summed E-state index contributed by atoms with van der Waals surface area (Å²) < 4.78 is 5.63. The minimum Gasteiger partial charge on any atom is -0.486 e. The van der Waals surface area contributed by atoms with Crippen LogP contribution in [0.4, 0.5) is 5.69 Å². The smallest absolute Gasteiger partial charge is 0.138 e. The second-order valence-electron chi connectivity index (χ2n) is 4.08. The van der Waals surface area contributed by atoms with Gasteiger partial charge in [0, 0.05) is 22.8 Å². The minimum atomic E-state index is 0.472. The molecule has 0 saturated heterocycles. The number of benzene rings is 1. The van der Waals surface area contributed by atoms with Crippen LogP contribution in [0.25, 0.3) is 10.9 Å². The van der Waals surface area contributed by atoms with Crippen LogP contribution in [0.2, 0.25) is 0 Å². The van der Waals surface area contributed by atoms with Crippen LogP contribution in [0.3, 0.4) is 0 Å². The number of H-pyrrole nitrogens is 1. The molecule has 0 radical (unpaired) electrons. The van der Waals surface area contributed by atoms with E-state index < -0.39 is 0 Å². The summed E-state index contributed by atoms with van der Waals surface area (Å²) in [5, 5.41) is 1.03. The van der Waals surface area contributed by atoms with Gasteiger partial charge in [0.05, 0.1) is 11.9 Å². The maximum Gasteiger partial charge on any atom is 0.138 e. The van der Waals surface area contributed by atoms with Crippen molar-refractivity contribution in [2.75, 3.05) is 5.73 Å².